The second kappa shape index (κ2) is 13.1. The summed E-state index contributed by atoms with van der Waals surface area (Å²) >= 11 is 0. The molecule has 0 amide bonds. The molecular formula is C22H26Cl2PZr. The van der Waals surface area contributed by atoms with Crippen LogP contribution in [-0.2, 0) is 26.2 Å². The molecule has 4 heteroatoms. The minimum atomic E-state index is 0. The van der Waals surface area contributed by atoms with E-state index in [4.69, 9.17) is 0 Å². The molecule has 2 aromatic rings. The molecule has 0 saturated heterocycles. The summed E-state index contributed by atoms with van der Waals surface area (Å²) in [5.41, 5.74) is 4.39. The Morgan fingerprint density at radius 1 is 0.731 bits per heavy atom. The molecule has 3 rings (SSSR count). The van der Waals surface area contributed by atoms with E-state index in [1.165, 1.54) is 27.3 Å². The molecule has 1 aliphatic rings. The van der Waals surface area contributed by atoms with Crippen LogP contribution in [0.4, 0.5) is 0 Å². The van der Waals surface area contributed by atoms with Crippen molar-refractivity contribution in [3.63, 3.8) is 0 Å². The maximum atomic E-state index is 3.44. The first kappa shape index (κ1) is 28.0. The van der Waals surface area contributed by atoms with Crippen molar-refractivity contribution >= 4 is 19.2 Å². The van der Waals surface area contributed by atoms with Gasteiger partial charge in [-0.15, -0.1) is 6.92 Å². The largest absolute Gasteiger partial charge is 3.00 e. The SMILES string of the molecule is CC1=[C-]C(C)(C)C(C)=C1C.[Cl-].[Cl-].[Zr+3].c1ccc(Pc2ccccc2)cc1. The Bertz CT molecular complexity index is 670. The summed E-state index contributed by atoms with van der Waals surface area (Å²) in [6.45, 7) is 10.9. The summed E-state index contributed by atoms with van der Waals surface area (Å²) in [7, 11) is 0.777. The Morgan fingerprint density at radius 2 is 1.12 bits per heavy atom. The monoisotopic (exact) mass is 481 g/mol. The molecule has 0 saturated carbocycles. The first-order chi connectivity index (χ1) is 10.9. The van der Waals surface area contributed by atoms with E-state index in [-0.39, 0.29) is 56.4 Å². The molecule has 26 heavy (non-hydrogen) atoms. The van der Waals surface area contributed by atoms with Crippen molar-refractivity contribution in [3.8, 4) is 0 Å². The zero-order chi connectivity index (χ0) is 16.9. The van der Waals surface area contributed by atoms with Crippen LogP contribution in [0.5, 0.6) is 0 Å². The molecule has 0 fully saturated rings. The normalized spacial score (nSPS) is 14.0. The smallest absolute Gasteiger partial charge is 1.00 e. The number of halogens is 2. The van der Waals surface area contributed by atoms with Crippen molar-refractivity contribution in [3.05, 3.63) is 83.5 Å². The van der Waals surface area contributed by atoms with Crippen LogP contribution in [0.15, 0.2) is 77.4 Å². The van der Waals surface area contributed by atoms with E-state index in [2.05, 4.69) is 101 Å². The Kier molecular flexibility index (Phi) is 14.1. The van der Waals surface area contributed by atoms with Crippen LogP contribution >= 0.6 is 8.58 Å². The maximum Gasteiger partial charge on any atom is 3.00 e. The van der Waals surface area contributed by atoms with Crippen LogP contribution in [0.1, 0.15) is 34.6 Å². The number of benzene rings is 2. The van der Waals surface area contributed by atoms with Gasteiger partial charge in [0.2, 0.25) is 0 Å². The van der Waals surface area contributed by atoms with Gasteiger partial charge in [-0.3, -0.25) is 6.08 Å². The second-order valence-corrected chi connectivity index (χ2v) is 7.89. The van der Waals surface area contributed by atoms with E-state index in [0.717, 1.165) is 8.58 Å². The standard InChI is InChI=1S/C12H11P.C10H15.2ClH.Zr/c1-3-7-11(8-4-1)13-12-9-5-2-6-10-12;1-7-6-10(4,5)9(3)8(7)2;;;/h1-10,13H;1-5H3;2*1H;/q;-1;;;+3/p-2. The van der Waals surface area contributed by atoms with Gasteiger partial charge in [-0.25, -0.2) is 5.57 Å². The van der Waals surface area contributed by atoms with Crippen molar-refractivity contribution in [2.24, 2.45) is 5.41 Å². The zero-order valence-electron chi connectivity index (χ0n) is 16.0. The van der Waals surface area contributed by atoms with Crippen LogP contribution in [0.2, 0.25) is 0 Å². The maximum absolute atomic E-state index is 3.44. The molecule has 0 nitrogen and oxygen atoms in total. The van der Waals surface area contributed by atoms with E-state index in [1.54, 1.807) is 0 Å². The number of hydrogen-bond acceptors (Lipinski definition) is 0. The van der Waals surface area contributed by atoms with Gasteiger partial charge in [-0.1, -0.05) is 102 Å². The summed E-state index contributed by atoms with van der Waals surface area (Å²) in [5, 5.41) is 2.79. The Balaban J connectivity index is 0. The summed E-state index contributed by atoms with van der Waals surface area (Å²) < 4.78 is 0. The van der Waals surface area contributed by atoms with E-state index < -0.39 is 0 Å². The third-order valence-electron chi connectivity index (χ3n) is 4.40. The fraction of sp³-hybridized carbons (Fsp3) is 0.273. The van der Waals surface area contributed by atoms with E-state index in [9.17, 15) is 0 Å². The van der Waals surface area contributed by atoms with Gasteiger partial charge in [-0.2, -0.15) is 11.1 Å². The first-order valence-electron chi connectivity index (χ1n) is 8.07. The Morgan fingerprint density at radius 3 is 1.35 bits per heavy atom. The molecule has 1 radical (unpaired) electrons. The van der Waals surface area contributed by atoms with Gasteiger partial charge in [0, 0.05) is 0 Å². The van der Waals surface area contributed by atoms with Gasteiger partial charge < -0.3 is 24.8 Å². The van der Waals surface area contributed by atoms with Crippen molar-refractivity contribution in [2.75, 3.05) is 0 Å². The van der Waals surface area contributed by atoms with E-state index >= 15 is 0 Å². The van der Waals surface area contributed by atoms with Crippen molar-refractivity contribution in [1.82, 2.24) is 0 Å². The molecule has 0 heterocycles. The fourth-order valence-electron chi connectivity index (χ4n) is 2.62. The predicted molar refractivity (Wildman–Crippen MR) is 105 cm³/mol. The molecular weight excluding hydrogens is 457 g/mol. The van der Waals surface area contributed by atoms with Gasteiger partial charge in [0.1, 0.15) is 0 Å². The van der Waals surface area contributed by atoms with Crippen LogP contribution in [-0.4, -0.2) is 0 Å². The van der Waals surface area contributed by atoms with E-state index in [0.29, 0.717) is 0 Å². The van der Waals surface area contributed by atoms with Gasteiger partial charge in [0.15, 0.2) is 0 Å². The van der Waals surface area contributed by atoms with Gasteiger partial charge in [-0.05, 0) is 10.6 Å². The summed E-state index contributed by atoms with van der Waals surface area (Å²) in [6.07, 6.45) is 3.44. The molecule has 0 atom stereocenters. The zero-order valence-corrected chi connectivity index (χ0v) is 21.0. The van der Waals surface area contributed by atoms with Crippen LogP contribution in [0, 0.1) is 11.5 Å². The predicted octanol–water partition coefficient (Wildman–Crippen LogP) is -0.567. The third-order valence-corrected chi connectivity index (χ3v) is 5.64. The quantitative estimate of drug-likeness (QED) is 0.397. The average Bonchev–Trinajstić information content (AvgIpc) is 2.72. The summed E-state index contributed by atoms with van der Waals surface area (Å²) in [4.78, 5) is 0. The minimum absolute atomic E-state index is 0. The molecule has 0 bridgehead atoms. The Labute approximate surface area is 192 Å². The van der Waals surface area contributed by atoms with Crippen LogP contribution in [0.25, 0.3) is 0 Å². The molecule has 2 aromatic carbocycles. The summed E-state index contributed by atoms with van der Waals surface area (Å²) in [5.74, 6) is 0. The first-order valence-corrected chi connectivity index (χ1v) is 9.07. The van der Waals surface area contributed by atoms with Gasteiger partial charge in [0.25, 0.3) is 0 Å². The minimum Gasteiger partial charge on any atom is -1.00 e. The molecule has 0 aliphatic heterocycles. The molecule has 0 aromatic heterocycles. The topological polar surface area (TPSA) is 0 Å². The van der Waals surface area contributed by atoms with Gasteiger partial charge >= 0.3 is 26.2 Å². The molecule has 0 unspecified atom stereocenters. The van der Waals surface area contributed by atoms with Crippen molar-refractivity contribution in [1.29, 1.82) is 0 Å². The van der Waals surface area contributed by atoms with Gasteiger partial charge in [0.05, 0.1) is 0 Å². The average molecular weight is 484 g/mol. The molecule has 137 valence electrons. The van der Waals surface area contributed by atoms with E-state index in [1.807, 2.05) is 0 Å². The van der Waals surface area contributed by atoms with Crippen molar-refractivity contribution in [2.45, 2.75) is 34.6 Å². The second-order valence-electron chi connectivity index (χ2n) is 6.48. The number of hydrogen-bond donors (Lipinski definition) is 0. The molecule has 0 N–H and O–H groups in total. The third kappa shape index (κ3) is 8.23. The number of rotatable bonds is 2. The van der Waals surface area contributed by atoms with Crippen LogP contribution in [0.3, 0.4) is 0 Å². The number of allylic oxidation sites excluding steroid dienone is 4. The Hall–Kier alpha value is -0.187. The van der Waals surface area contributed by atoms with Crippen LogP contribution < -0.4 is 35.4 Å². The summed E-state index contributed by atoms with van der Waals surface area (Å²) in [6, 6.07) is 21.2. The molecule has 1 aliphatic carbocycles. The van der Waals surface area contributed by atoms with Crippen molar-refractivity contribution < 1.29 is 51.0 Å². The molecule has 0 spiro atoms. The fourth-order valence-corrected chi connectivity index (χ4v) is 3.67.